The van der Waals surface area contributed by atoms with Gasteiger partial charge in [-0.05, 0) is 56.0 Å². The summed E-state index contributed by atoms with van der Waals surface area (Å²) in [5.74, 6) is -0.580. The van der Waals surface area contributed by atoms with E-state index in [-0.39, 0.29) is 18.4 Å². The molecule has 0 saturated carbocycles. The van der Waals surface area contributed by atoms with Crippen molar-refractivity contribution in [1.82, 2.24) is 19.5 Å². The van der Waals surface area contributed by atoms with Gasteiger partial charge in [-0.3, -0.25) is 14.4 Å². The monoisotopic (exact) mass is 617 g/mol. The lowest BCUT2D eigenvalue weighted by Gasteiger charge is -2.33. The van der Waals surface area contributed by atoms with Crippen molar-refractivity contribution in [2.45, 2.75) is 37.8 Å². The zero-order valence-electron chi connectivity index (χ0n) is 21.9. The normalized spacial score (nSPS) is 19.7. The van der Waals surface area contributed by atoms with Crippen LogP contribution in [0.15, 0.2) is 58.8 Å². The SMILES string of the molecule is O=C(Nc1cccc(-c2cnco2)c1)[C@H]1CCCN1C(=O)CN1CCC[C@H](NS(=O)(=O)C=Cc2ccc(Cl)s2)C1=O. The molecule has 1 aromatic carbocycles. The van der Waals surface area contributed by atoms with E-state index in [0.717, 1.165) is 11.0 Å². The van der Waals surface area contributed by atoms with Gasteiger partial charge in [-0.15, -0.1) is 11.3 Å². The molecule has 2 aliphatic heterocycles. The Morgan fingerprint density at radius 3 is 2.76 bits per heavy atom. The Labute approximate surface area is 246 Å². The minimum absolute atomic E-state index is 0.231. The summed E-state index contributed by atoms with van der Waals surface area (Å²) >= 11 is 7.12. The largest absolute Gasteiger partial charge is 0.444 e. The highest BCUT2D eigenvalue weighted by Gasteiger charge is 2.37. The average Bonchev–Trinajstić information content (AvgIpc) is 3.72. The summed E-state index contributed by atoms with van der Waals surface area (Å²) in [4.78, 5) is 46.9. The van der Waals surface area contributed by atoms with Crippen molar-refractivity contribution < 1.29 is 27.2 Å². The topological polar surface area (TPSA) is 142 Å². The number of likely N-dealkylation sites (tertiary alicyclic amines) is 2. The van der Waals surface area contributed by atoms with E-state index < -0.39 is 28.0 Å². The molecule has 0 bridgehead atoms. The highest BCUT2D eigenvalue weighted by molar-refractivity contribution is 7.92. The van der Waals surface area contributed by atoms with E-state index >= 15 is 0 Å². The van der Waals surface area contributed by atoms with Crippen LogP contribution in [0.3, 0.4) is 0 Å². The Kier molecular flexibility index (Phi) is 8.88. The average molecular weight is 618 g/mol. The zero-order valence-corrected chi connectivity index (χ0v) is 24.3. The zero-order chi connectivity index (χ0) is 29.0. The number of benzene rings is 1. The summed E-state index contributed by atoms with van der Waals surface area (Å²) in [5, 5.41) is 3.88. The Morgan fingerprint density at radius 1 is 1.17 bits per heavy atom. The van der Waals surface area contributed by atoms with E-state index in [2.05, 4.69) is 15.0 Å². The van der Waals surface area contributed by atoms with Gasteiger partial charge in [-0.2, -0.15) is 4.72 Å². The number of carbonyl (C=O) groups excluding carboxylic acids is 3. The molecule has 0 spiro atoms. The number of aromatic nitrogens is 1. The van der Waals surface area contributed by atoms with Gasteiger partial charge in [0.15, 0.2) is 12.2 Å². The number of rotatable bonds is 9. The van der Waals surface area contributed by atoms with Crippen LogP contribution in [0.4, 0.5) is 5.69 Å². The van der Waals surface area contributed by atoms with Crippen molar-refractivity contribution in [2.75, 3.05) is 25.0 Å². The molecule has 0 aliphatic carbocycles. The van der Waals surface area contributed by atoms with Gasteiger partial charge in [0.1, 0.15) is 12.1 Å². The number of hydrogen-bond donors (Lipinski definition) is 2. The lowest BCUT2D eigenvalue weighted by Crippen LogP contribution is -2.55. The minimum atomic E-state index is -3.91. The second-order valence-corrected chi connectivity index (χ2v) is 13.1. The van der Waals surface area contributed by atoms with Crippen molar-refractivity contribution in [3.05, 3.63) is 63.6 Å². The van der Waals surface area contributed by atoms with Gasteiger partial charge >= 0.3 is 0 Å². The smallest absolute Gasteiger partial charge is 0.247 e. The molecule has 11 nitrogen and oxygen atoms in total. The van der Waals surface area contributed by atoms with Crippen molar-refractivity contribution in [3.63, 3.8) is 0 Å². The number of thiophene rings is 1. The summed E-state index contributed by atoms with van der Waals surface area (Å²) in [6, 6.07) is 8.83. The van der Waals surface area contributed by atoms with E-state index in [0.29, 0.717) is 59.4 Å². The second kappa shape index (κ2) is 12.6. The third kappa shape index (κ3) is 7.22. The first kappa shape index (κ1) is 29.0. The number of nitrogens with one attached hydrogen (secondary N) is 2. The molecule has 2 N–H and O–H groups in total. The van der Waals surface area contributed by atoms with Crippen LogP contribution in [0.2, 0.25) is 4.34 Å². The molecule has 2 fully saturated rings. The van der Waals surface area contributed by atoms with Crippen molar-refractivity contribution in [2.24, 2.45) is 0 Å². The van der Waals surface area contributed by atoms with Gasteiger partial charge in [0.05, 0.1) is 17.1 Å². The van der Waals surface area contributed by atoms with E-state index in [1.807, 2.05) is 6.07 Å². The third-order valence-electron chi connectivity index (χ3n) is 6.89. The molecule has 2 aromatic heterocycles. The van der Waals surface area contributed by atoms with Crippen LogP contribution in [0.5, 0.6) is 0 Å². The number of halogens is 1. The highest BCUT2D eigenvalue weighted by atomic mass is 35.5. The van der Waals surface area contributed by atoms with Crippen LogP contribution in [0.25, 0.3) is 17.4 Å². The molecule has 3 amide bonds. The molecule has 5 rings (SSSR count). The first-order valence-electron chi connectivity index (χ1n) is 13.0. The van der Waals surface area contributed by atoms with Crippen LogP contribution in [-0.4, -0.2) is 72.6 Å². The van der Waals surface area contributed by atoms with Crippen molar-refractivity contribution in [1.29, 1.82) is 0 Å². The number of amides is 3. The lowest BCUT2D eigenvalue weighted by atomic mass is 10.1. The fourth-order valence-corrected chi connectivity index (χ4v) is 7.01. The predicted molar refractivity (Wildman–Crippen MR) is 155 cm³/mol. The van der Waals surface area contributed by atoms with Crippen molar-refractivity contribution >= 4 is 62.4 Å². The van der Waals surface area contributed by atoms with Gasteiger partial charge in [0.2, 0.25) is 27.7 Å². The number of piperidine rings is 1. The summed E-state index contributed by atoms with van der Waals surface area (Å²) in [6.45, 7) is 0.488. The summed E-state index contributed by atoms with van der Waals surface area (Å²) < 4.78 is 33.5. The van der Waals surface area contributed by atoms with Crippen LogP contribution in [0.1, 0.15) is 30.6 Å². The summed E-state index contributed by atoms with van der Waals surface area (Å²) in [6.07, 6.45) is 6.32. The Balaban J connectivity index is 1.18. The van der Waals surface area contributed by atoms with Crippen molar-refractivity contribution in [3.8, 4) is 11.3 Å². The van der Waals surface area contributed by atoms with Crippen LogP contribution < -0.4 is 10.0 Å². The van der Waals surface area contributed by atoms with Crippen LogP contribution in [-0.2, 0) is 24.4 Å². The van der Waals surface area contributed by atoms with Gasteiger partial charge in [-0.25, -0.2) is 13.4 Å². The Hall–Kier alpha value is -3.52. The quantitative estimate of drug-likeness (QED) is 0.374. The molecule has 2 atom stereocenters. The third-order valence-corrected chi connectivity index (χ3v) is 9.20. The molecular weight excluding hydrogens is 590 g/mol. The molecule has 14 heteroatoms. The molecule has 3 aromatic rings. The predicted octanol–water partition coefficient (Wildman–Crippen LogP) is 3.57. The summed E-state index contributed by atoms with van der Waals surface area (Å²) in [5.41, 5.74) is 1.31. The van der Waals surface area contributed by atoms with E-state index in [9.17, 15) is 22.8 Å². The first-order valence-corrected chi connectivity index (χ1v) is 15.8. The second-order valence-electron chi connectivity index (χ2n) is 9.74. The fourth-order valence-electron chi connectivity index (χ4n) is 4.94. The van der Waals surface area contributed by atoms with E-state index in [4.69, 9.17) is 16.0 Å². The number of hydrogen-bond acceptors (Lipinski definition) is 8. The molecule has 4 heterocycles. The molecule has 0 unspecified atom stereocenters. The van der Waals surface area contributed by atoms with E-state index in [1.54, 1.807) is 36.5 Å². The Bertz CT molecular complexity index is 1560. The number of sulfonamides is 1. The maximum Gasteiger partial charge on any atom is 0.247 e. The standard InChI is InChI=1S/C27H28ClN5O6S2/c28-24-9-8-20(40-24)10-13-41(37,38)31-21-6-2-11-32(27(21)36)16-25(34)33-12-3-7-22(33)26(35)30-19-5-1-4-18(14-19)23-15-29-17-39-23/h1,4-5,8-10,13-15,17,21-22,31H,2-3,6-7,11-12,16H2,(H,30,35)/t21-,22+/m0/s1. The van der Waals surface area contributed by atoms with Gasteiger partial charge in [0, 0.05) is 34.6 Å². The van der Waals surface area contributed by atoms with Gasteiger partial charge in [-0.1, -0.05) is 23.7 Å². The van der Waals surface area contributed by atoms with Crippen LogP contribution in [0, 0.1) is 0 Å². The molecule has 0 radical (unpaired) electrons. The minimum Gasteiger partial charge on any atom is -0.444 e. The molecule has 216 valence electrons. The van der Waals surface area contributed by atoms with E-state index in [1.165, 1.54) is 33.6 Å². The first-order chi connectivity index (χ1) is 19.7. The maximum atomic E-state index is 13.3. The summed E-state index contributed by atoms with van der Waals surface area (Å²) in [7, 11) is -3.91. The maximum absolute atomic E-state index is 13.3. The van der Waals surface area contributed by atoms with Gasteiger partial charge in [0.25, 0.3) is 0 Å². The number of oxazole rings is 1. The highest BCUT2D eigenvalue weighted by Crippen LogP contribution is 2.25. The van der Waals surface area contributed by atoms with Gasteiger partial charge < -0.3 is 19.5 Å². The lowest BCUT2D eigenvalue weighted by molar-refractivity contribution is -0.144. The number of anilines is 1. The Morgan fingerprint density at radius 2 is 2.00 bits per heavy atom. The molecule has 41 heavy (non-hydrogen) atoms. The van der Waals surface area contributed by atoms with Crippen LogP contribution >= 0.6 is 22.9 Å². The molecule has 2 aliphatic rings. The number of nitrogens with zero attached hydrogens (tertiary/aromatic N) is 3. The fraction of sp³-hybridized carbons (Fsp3) is 0.333. The molecular formula is C27H28ClN5O6S2. The molecule has 2 saturated heterocycles. The number of carbonyl (C=O) groups is 3.